The maximum Gasteiger partial charge on any atom is 0.193 e. The second-order valence-corrected chi connectivity index (χ2v) is 6.62. The molecule has 0 unspecified atom stereocenters. The molecule has 7 heteroatoms. The summed E-state index contributed by atoms with van der Waals surface area (Å²) in [6.45, 7) is 2.92. The lowest BCUT2D eigenvalue weighted by Crippen LogP contribution is -2.32. The number of halogens is 1. The summed E-state index contributed by atoms with van der Waals surface area (Å²) in [5.74, 6) is 1.51. The van der Waals surface area contributed by atoms with Crippen molar-refractivity contribution >= 4 is 11.8 Å². The molecule has 1 aliphatic heterocycles. The Morgan fingerprint density at radius 1 is 1.23 bits per heavy atom. The summed E-state index contributed by atoms with van der Waals surface area (Å²) in [6.07, 6.45) is 1.14. The van der Waals surface area contributed by atoms with Gasteiger partial charge in [-0.05, 0) is 51.3 Å². The second kappa shape index (κ2) is 6.76. The van der Waals surface area contributed by atoms with Crippen LogP contribution in [0.1, 0.15) is 6.42 Å². The summed E-state index contributed by atoms with van der Waals surface area (Å²) >= 11 is 1.70. The molecule has 118 valence electrons. The van der Waals surface area contributed by atoms with E-state index in [0.29, 0.717) is 0 Å². The van der Waals surface area contributed by atoms with Crippen molar-refractivity contribution < 1.29 is 4.39 Å². The average Bonchev–Trinajstić information content (AvgIpc) is 2.91. The zero-order valence-electron chi connectivity index (χ0n) is 12.9. The first-order valence-corrected chi connectivity index (χ1v) is 8.31. The third-order valence-corrected chi connectivity index (χ3v) is 4.67. The SMILES string of the molecule is CN(C)CCCN1CSc2nnc(-c3ccc(F)cc3)n2C1. The van der Waals surface area contributed by atoms with Crippen LogP contribution in [0.15, 0.2) is 29.4 Å². The molecule has 1 aromatic heterocycles. The van der Waals surface area contributed by atoms with Crippen LogP contribution >= 0.6 is 11.8 Å². The van der Waals surface area contributed by atoms with Crippen LogP contribution in [-0.4, -0.2) is 57.6 Å². The van der Waals surface area contributed by atoms with Crippen LogP contribution in [0, 0.1) is 5.82 Å². The standard InChI is InChI=1S/C15H20FN5S/c1-19(2)8-3-9-20-10-21-14(17-18-15(21)22-11-20)12-4-6-13(16)7-5-12/h4-7H,3,8-11H2,1-2H3. The second-order valence-electron chi connectivity index (χ2n) is 5.71. The fourth-order valence-corrected chi connectivity index (χ4v) is 3.38. The number of thioether (sulfide) groups is 1. The van der Waals surface area contributed by atoms with Crippen molar-refractivity contribution in [1.82, 2.24) is 24.6 Å². The predicted octanol–water partition coefficient (Wildman–Crippen LogP) is 2.36. The van der Waals surface area contributed by atoms with E-state index in [1.54, 1.807) is 23.9 Å². The highest BCUT2D eigenvalue weighted by Gasteiger charge is 2.22. The third-order valence-electron chi connectivity index (χ3n) is 3.62. The van der Waals surface area contributed by atoms with Gasteiger partial charge in [0.05, 0.1) is 12.5 Å². The molecule has 0 spiro atoms. The first-order chi connectivity index (χ1) is 10.6. The lowest BCUT2D eigenvalue weighted by molar-refractivity contribution is 0.226. The van der Waals surface area contributed by atoms with Crippen LogP contribution in [0.5, 0.6) is 0 Å². The van der Waals surface area contributed by atoms with E-state index < -0.39 is 0 Å². The topological polar surface area (TPSA) is 37.2 Å². The largest absolute Gasteiger partial charge is 0.309 e. The number of benzene rings is 1. The van der Waals surface area contributed by atoms with Gasteiger partial charge in [0.2, 0.25) is 0 Å². The summed E-state index contributed by atoms with van der Waals surface area (Å²) in [5, 5.41) is 9.45. The Labute approximate surface area is 134 Å². The molecule has 0 atom stereocenters. The molecule has 0 N–H and O–H groups in total. The van der Waals surface area contributed by atoms with E-state index in [-0.39, 0.29) is 5.82 Å². The van der Waals surface area contributed by atoms with Gasteiger partial charge < -0.3 is 4.90 Å². The lowest BCUT2D eigenvalue weighted by atomic mass is 10.2. The van der Waals surface area contributed by atoms with Crippen LogP contribution in [0.3, 0.4) is 0 Å². The lowest BCUT2D eigenvalue weighted by Gasteiger charge is -2.28. The van der Waals surface area contributed by atoms with Crippen LogP contribution in [0.25, 0.3) is 11.4 Å². The van der Waals surface area contributed by atoms with Crippen LogP contribution < -0.4 is 0 Å². The third kappa shape index (κ3) is 3.48. The summed E-state index contributed by atoms with van der Waals surface area (Å²) < 4.78 is 15.2. The van der Waals surface area contributed by atoms with Crippen LogP contribution in [0.4, 0.5) is 4.39 Å². The van der Waals surface area contributed by atoms with E-state index in [1.165, 1.54) is 12.1 Å². The molecule has 1 aliphatic rings. The van der Waals surface area contributed by atoms with Crippen molar-refractivity contribution in [3.05, 3.63) is 30.1 Å². The van der Waals surface area contributed by atoms with Gasteiger partial charge >= 0.3 is 0 Å². The molecule has 0 bridgehead atoms. The van der Waals surface area contributed by atoms with Crippen molar-refractivity contribution in [2.75, 3.05) is 33.1 Å². The number of aromatic nitrogens is 3. The van der Waals surface area contributed by atoms with E-state index in [4.69, 9.17) is 0 Å². The fraction of sp³-hybridized carbons (Fsp3) is 0.467. The highest BCUT2D eigenvalue weighted by atomic mass is 32.2. The van der Waals surface area contributed by atoms with Crippen molar-refractivity contribution in [1.29, 1.82) is 0 Å². The molecule has 2 aromatic rings. The van der Waals surface area contributed by atoms with Gasteiger partial charge in [0.1, 0.15) is 5.82 Å². The molecular formula is C15H20FN5S. The van der Waals surface area contributed by atoms with Crippen LogP contribution in [-0.2, 0) is 6.67 Å². The number of hydrogen-bond acceptors (Lipinski definition) is 5. The maximum absolute atomic E-state index is 13.1. The molecule has 0 fully saturated rings. The number of hydrogen-bond donors (Lipinski definition) is 0. The number of fused-ring (bicyclic) bond motifs is 1. The molecule has 0 amide bonds. The van der Waals surface area contributed by atoms with E-state index in [0.717, 1.165) is 48.6 Å². The Balaban J connectivity index is 1.73. The fourth-order valence-electron chi connectivity index (χ4n) is 2.47. The summed E-state index contributed by atoms with van der Waals surface area (Å²) in [4.78, 5) is 4.59. The number of nitrogens with zero attached hydrogens (tertiary/aromatic N) is 5. The van der Waals surface area contributed by atoms with Gasteiger partial charge in [0, 0.05) is 12.1 Å². The number of rotatable bonds is 5. The molecule has 0 saturated carbocycles. The molecule has 5 nitrogen and oxygen atoms in total. The molecule has 1 aromatic carbocycles. The van der Waals surface area contributed by atoms with Gasteiger partial charge in [-0.1, -0.05) is 11.8 Å². The van der Waals surface area contributed by atoms with Crippen molar-refractivity contribution in [2.24, 2.45) is 0 Å². The smallest absolute Gasteiger partial charge is 0.193 e. The Hall–Kier alpha value is -1.44. The van der Waals surface area contributed by atoms with Crippen molar-refractivity contribution in [2.45, 2.75) is 18.2 Å². The summed E-state index contributed by atoms with van der Waals surface area (Å²) in [5.41, 5.74) is 0.899. The van der Waals surface area contributed by atoms with Gasteiger partial charge in [-0.3, -0.25) is 9.47 Å². The zero-order valence-corrected chi connectivity index (χ0v) is 13.7. The zero-order chi connectivity index (χ0) is 15.5. The molecule has 22 heavy (non-hydrogen) atoms. The van der Waals surface area contributed by atoms with Gasteiger partial charge in [0.15, 0.2) is 11.0 Å². The minimum atomic E-state index is -0.234. The molecule has 0 radical (unpaired) electrons. The molecule has 0 aliphatic carbocycles. The van der Waals surface area contributed by atoms with Gasteiger partial charge in [0.25, 0.3) is 0 Å². The summed E-state index contributed by atoms with van der Waals surface area (Å²) in [7, 11) is 4.19. The van der Waals surface area contributed by atoms with Gasteiger partial charge in [-0.25, -0.2) is 4.39 Å². The Kier molecular flexibility index (Phi) is 4.75. The first-order valence-electron chi connectivity index (χ1n) is 7.32. The van der Waals surface area contributed by atoms with Crippen LogP contribution in [0.2, 0.25) is 0 Å². The maximum atomic E-state index is 13.1. The van der Waals surface area contributed by atoms with E-state index in [9.17, 15) is 4.39 Å². The molecule has 0 saturated heterocycles. The minimum Gasteiger partial charge on any atom is -0.309 e. The predicted molar refractivity (Wildman–Crippen MR) is 86.0 cm³/mol. The molecule has 3 rings (SSSR count). The van der Waals surface area contributed by atoms with Gasteiger partial charge in [-0.15, -0.1) is 10.2 Å². The Bertz CT molecular complexity index is 625. The first kappa shape index (κ1) is 15.5. The van der Waals surface area contributed by atoms with E-state index in [2.05, 4.69) is 38.7 Å². The Morgan fingerprint density at radius 3 is 2.73 bits per heavy atom. The quantitative estimate of drug-likeness (QED) is 0.845. The Morgan fingerprint density at radius 2 is 2.00 bits per heavy atom. The van der Waals surface area contributed by atoms with E-state index in [1.807, 2.05) is 0 Å². The van der Waals surface area contributed by atoms with Crippen molar-refractivity contribution in [3.8, 4) is 11.4 Å². The molecular weight excluding hydrogens is 301 g/mol. The average molecular weight is 321 g/mol. The normalized spacial score (nSPS) is 15.3. The highest BCUT2D eigenvalue weighted by molar-refractivity contribution is 7.99. The monoisotopic (exact) mass is 321 g/mol. The minimum absolute atomic E-state index is 0.234. The molecule has 2 heterocycles. The van der Waals surface area contributed by atoms with Gasteiger partial charge in [-0.2, -0.15) is 0 Å². The van der Waals surface area contributed by atoms with E-state index >= 15 is 0 Å². The van der Waals surface area contributed by atoms with Crippen molar-refractivity contribution in [3.63, 3.8) is 0 Å². The highest BCUT2D eigenvalue weighted by Crippen LogP contribution is 2.28. The summed E-state index contributed by atoms with van der Waals surface area (Å²) in [6, 6.07) is 6.42.